The number of carbonyl (C=O) groups is 1. The number of aliphatic carboxylic acids is 1. The summed E-state index contributed by atoms with van der Waals surface area (Å²) in [5.41, 5.74) is 4.33. The summed E-state index contributed by atoms with van der Waals surface area (Å²) in [5, 5.41) is 10.6. The Hall–Kier alpha value is -1.55. The van der Waals surface area contributed by atoms with Crippen molar-refractivity contribution in [3.05, 3.63) is 34.9 Å². The zero-order valence-electron chi connectivity index (χ0n) is 10.7. The Balaban J connectivity index is 2.50. The monoisotopic (exact) mass is 261 g/mol. The fraction of sp³-hybridized carbons (Fsp3) is 0.286. The first-order valence-corrected chi connectivity index (χ1v) is 6.69. The SMILES string of the molecule is Cc1cc(C)c2nc(SCC(=O)O)c(C)cc2c1. The van der Waals surface area contributed by atoms with Crippen LogP contribution in [-0.2, 0) is 4.79 Å². The molecule has 0 radical (unpaired) electrons. The second-order valence-corrected chi connectivity index (χ2v) is 5.41. The van der Waals surface area contributed by atoms with Crippen LogP contribution in [0.4, 0.5) is 0 Å². The molecule has 0 spiro atoms. The van der Waals surface area contributed by atoms with Crippen LogP contribution in [0.25, 0.3) is 10.9 Å². The number of hydrogen-bond donors (Lipinski definition) is 1. The molecule has 0 aliphatic rings. The number of carboxylic acids is 1. The minimum Gasteiger partial charge on any atom is -0.481 e. The maximum absolute atomic E-state index is 10.6. The van der Waals surface area contributed by atoms with Crippen molar-refractivity contribution in [1.29, 1.82) is 0 Å². The minimum atomic E-state index is -0.818. The zero-order chi connectivity index (χ0) is 13.3. The molecule has 0 aliphatic heterocycles. The zero-order valence-corrected chi connectivity index (χ0v) is 11.5. The van der Waals surface area contributed by atoms with Crippen LogP contribution in [0, 0.1) is 20.8 Å². The first-order valence-electron chi connectivity index (χ1n) is 5.70. The lowest BCUT2D eigenvalue weighted by molar-refractivity contribution is -0.133. The smallest absolute Gasteiger partial charge is 0.313 e. The number of hydrogen-bond acceptors (Lipinski definition) is 3. The van der Waals surface area contributed by atoms with E-state index in [9.17, 15) is 4.79 Å². The van der Waals surface area contributed by atoms with Gasteiger partial charge in [0.15, 0.2) is 0 Å². The molecule has 1 heterocycles. The molecule has 4 heteroatoms. The van der Waals surface area contributed by atoms with E-state index in [-0.39, 0.29) is 5.75 Å². The first kappa shape index (κ1) is 12.9. The van der Waals surface area contributed by atoms with Crippen LogP contribution in [0.3, 0.4) is 0 Å². The first-order chi connectivity index (χ1) is 8.47. The van der Waals surface area contributed by atoms with Crippen LogP contribution < -0.4 is 0 Å². The number of carboxylic acid groups (broad SMARTS) is 1. The quantitative estimate of drug-likeness (QED) is 0.861. The van der Waals surface area contributed by atoms with Crippen molar-refractivity contribution in [2.75, 3.05) is 5.75 Å². The second kappa shape index (κ2) is 4.98. The Kier molecular flexibility index (Phi) is 3.57. The van der Waals surface area contributed by atoms with Crippen LogP contribution in [-0.4, -0.2) is 21.8 Å². The average Bonchev–Trinajstić information content (AvgIpc) is 2.26. The highest BCUT2D eigenvalue weighted by molar-refractivity contribution is 7.99. The highest BCUT2D eigenvalue weighted by atomic mass is 32.2. The number of nitrogens with zero attached hydrogens (tertiary/aromatic N) is 1. The summed E-state index contributed by atoms with van der Waals surface area (Å²) in [6.45, 7) is 6.06. The van der Waals surface area contributed by atoms with Crippen molar-refractivity contribution in [3.63, 3.8) is 0 Å². The molecule has 0 aliphatic carbocycles. The highest BCUT2D eigenvalue weighted by Crippen LogP contribution is 2.26. The van der Waals surface area contributed by atoms with Crippen molar-refractivity contribution < 1.29 is 9.90 Å². The van der Waals surface area contributed by atoms with Crippen molar-refractivity contribution >= 4 is 28.6 Å². The Labute approximate surface area is 110 Å². The second-order valence-electron chi connectivity index (χ2n) is 4.45. The van der Waals surface area contributed by atoms with Gasteiger partial charge in [-0.15, -0.1) is 0 Å². The molecule has 0 bridgehead atoms. The summed E-state index contributed by atoms with van der Waals surface area (Å²) >= 11 is 1.27. The Bertz CT molecular complexity index is 623. The van der Waals surface area contributed by atoms with E-state index in [1.54, 1.807) is 0 Å². The van der Waals surface area contributed by atoms with E-state index in [0.717, 1.165) is 27.1 Å². The van der Waals surface area contributed by atoms with Gasteiger partial charge in [0.2, 0.25) is 0 Å². The molecular weight excluding hydrogens is 246 g/mol. The summed E-state index contributed by atoms with van der Waals surface area (Å²) in [6, 6.07) is 6.27. The number of fused-ring (bicyclic) bond motifs is 1. The summed E-state index contributed by atoms with van der Waals surface area (Å²) in [5.74, 6) is -0.772. The van der Waals surface area contributed by atoms with E-state index < -0.39 is 5.97 Å². The number of benzene rings is 1. The predicted molar refractivity (Wildman–Crippen MR) is 74.3 cm³/mol. The van der Waals surface area contributed by atoms with E-state index in [2.05, 4.69) is 30.1 Å². The molecular formula is C14H15NO2S. The molecule has 0 saturated heterocycles. The standard InChI is InChI=1S/C14H15NO2S/c1-8-4-9(2)13-11(5-8)6-10(3)14(15-13)18-7-12(16)17/h4-6H,7H2,1-3H3,(H,16,17). The molecule has 1 N–H and O–H groups in total. The van der Waals surface area contributed by atoms with Gasteiger partial charge in [-0.05, 0) is 44.0 Å². The summed E-state index contributed by atoms with van der Waals surface area (Å²) in [7, 11) is 0. The summed E-state index contributed by atoms with van der Waals surface area (Å²) < 4.78 is 0. The molecule has 2 aromatic rings. The molecule has 0 amide bonds. The molecule has 2 rings (SSSR count). The van der Waals surface area contributed by atoms with E-state index in [1.807, 2.05) is 13.8 Å². The van der Waals surface area contributed by atoms with Gasteiger partial charge >= 0.3 is 5.97 Å². The molecule has 1 aromatic heterocycles. The maximum Gasteiger partial charge on any atom is 0.313 e. The van der Waals surface area contributed by atoms with E-state index >= 15 is 0 Å². The number of rotatable bonds is 3. The lowest BCUT2D eigenvalue weighted by Gasteiger charge is -2.08. The molecule has 0 saturated carbocycles. The molecule has 0 fully saturated rings. The topological polar surface area (TPSA) is 50.2 Å². The van der Waals surface area contributed by atoms with Crippen LogP contribution in [0.15, 0.2) is 23.2 Å². The molecule has 0 unspecified atom stereocenters. The minimum absolute atomic E-state index is 0.0459. The average molecular weight is 261 g/mol. The van der Waals surface area contributed by atoms with Gasteiger partial charge in [0, 0.05) is 5.39 Å². The maximum atomic E-state index is 10.6. The molecule has 18 heavy (non-hydrogen) atoms. The summed E-state index contributed by atoms with van der Waals surface area (Å²) in [4.78, 5) is 15.2. The lowest BCUT2D eigenvalue weighted by Crippen LogP contribution is -1.99. The van der Waals surface area contributed by atoms with Crippen LogP contribution in [0.1, 0.15) is 16.7 Å². The van der Waals surface area contributed by atoms with Crippen molar-refractivity contribution in [3.8, 4) is 0 Å². The molecule has 94 valence electrons. The Morgan fingerprint density at radius 1 is 1.22 bits per heavy atom. The predicted octanol–water partition coefficient (Wildman–Crippen LogP) is 3.34. The molecule has 3 nitrogen and oxygen atoms in total. The third-order valence-corrected chi connectivity index (χ3v) is 3.81. The van der Waals surface area contributed by atoms with Crippen molar-refractivity contribution in [1.82, 2.24) is 4.98 Å². The molecule has 1 aromatic carbocycles. The fourth-order valence-corrected chi connectivity index (χ4v) is 2.72. The normalized spacial score (nSPS) is 10.8. The van der Waals surface area contributed by atoms with E-state index in [0.29, 0.717) is 0 Å². The van der Waals surface area contributed by atoms with Crippen molar-refractivity contribution in [2.24, 2.45) is 0 Å². The number of aryl methyl sites for hydroxylation is 3. The van der Waals surface area contributed by atoms with Crippen LogP contribution in [0.2, 0.25) is 0 Å². The van der Waals surface area contributed by atoms with Gasteiger partial charge in [-0.1, -0.05) is 23.4 Å². The number of pyridine rings is 1. The fourth-order valence-electron chi connectivity index (χ4n) is 2.02. The van der Waals surface area contributed by atoms with E-state index in [4.69, 9.17) is 5.11 Å². The Morgan fingerprint density at radius 3 is 2.61 bits per heavy atom. The number of thioether (sulfide) groups is 1. The van der Waals surface area contributed by atoms with Gasteiger partial charge in [0.05, 0.1) is 11.3 Å². The molecule has 0 atom stereocenters. The third-order valence-electron chi connectivity index (χ3n) is 2.73. The van der Waals surface area contributed by atoms with Gasteiger partial charge in [0.25, 0.3) is 0 Å². The van der Waals surface area contributed by atoms with Gasteiger partial charge in [-0.2, -0.15) is 0 Å². The van der Waals surface area contributed by atoms with Crippen LogP contribution >= 0.6 is 11.8 Å². The van der Waals surface area contributed by atoms with Crippen molar-refractivity contribution in [2.45, 2.75) is 25.8 Å². The lowest BCUT2D eigenvalue weighted by atomic mass is 10.1. The third kappa shape index (κ3) is 2.64. The number of aromatic nitrogens is 1. The van der Waals surface area contributed by atoms with Gasteiger partial charge in [-0.3, -0.25) is 4.79 Å². The van der Waals surface area contributed by atoms with Gasteiger partial charge in [0.1, 0.15) is 5.03 Å². The van der Waals surface area contributed by atoms with E-state index in [1.165, 1.54) is 17.3 Å². The van der Waals surface area contributed by atoms with Crippen LogP contribution in [0.5, 0.6) is 0 Å². The summed E-state index contributed by atoms with van der Waals surface area (Å²) in [6.07, 6.45) is 0. The van der Waals surface area contributed by atoms with Gasteiger partial charge < -0.3 is 5.11 Å². The van der Waals surface area contributed by atoms with Gasteiger partial charge in [-0.25, -0.2) is 4.98 Å². The Morgan fingerprint density at radius 2 is 1.94 bits per heavy atom. The highest BCUT2D eigenvalue weighted by Gasteiger charge is 2.08. The largest absolute Gasteiger partial charge is 0.481 e.